The van der Waals surface area contributed by atoms with Crippen LogP contribution in [0.5, 0.6) is 0 Å². The highest BCUT2D eigenvalue weighted by atomic mass is 35.5. The zero-order valence-corrected chi connectivity index (χ0v) is 12.2. The Bertz CT molecular complexity index is 441. The molecule has 0 radical (unpaired) electrons. The summed E-state index contributed by atoms with van der Waals surface area (Å²) >= 11 is 11.5. The zero-order chi connectivity index (χ0) is 13.2. The van der Waals surface area contributed by atoms with Crippen molar-refractivity contribution in [2.45, 2.75) is 25.9 Å². The monoisotopic (exact) mass is 314 g/mol. The number of nitrogens with one attached hydrogen (secondary N) is 1. The molecule has 18 heavy (non-hydrogen) atoms. The fourth-order valence-corrected chi connectivity index (χ4v) is 1.84. The Morgan fingerprint density at radius 3 is 2.39 bits per heavy atom. The van der Waals surface area contributed by atoms with Crippen LogP contribution in [0.3, 0.4) is 0 Å². The van der Waals surface area contributed by atoms with Crippen LogP contribution in [-0.2, 0) is 4.79 Å². The molecule has 0 bridgehead atoms. The molecular formula is C11H14Cl3FN2O. The summed E-state index contributed by atoms with van der Waals surface area (Å²) < 4.78 is 13.3. The Labute approximate surface area is 121 Å². The van der Waals surface area contributed by atoms with Crippen molar-refractivity contribution >= 4 is 41.5 Å². The standard InChI is InChI=1S/C11H13Cl2FN2O.ClH/c1-5(15)11(17)16-6(2)7-3-10(14)9(13)4-8(7)12;/h3-6H,15H2,1-2H3,(H,16,17);1H/t5-,6?;/m1./s1. The maximum Gasteiger partial charge on any atom is 0.237 e. The van der Waals surface area contributed by atoms with E-state index < -0.39 is 17.9 Å². The minimum atomic E-state index is -0.631. The van der Waals surface area contributed by atoms with Crippen molar-refractivity contribution in [2.75, 3.05) is 0 Å². The van der Waals surface area contributed by atoms with E-state index in [1.807, 2.05) is 0 Å². The van der Waals surface area contributed by atoms with Crippen LogP contribution >= 0.6 is 35.6 Å². The number of carbonyl (C=O) groups is 1. The van der Waals surface area contributed by atoms with Crippen LogP contribution in [0.2, 0.25) is 10.0 Å². The third-order valence-electron chi connectivity index (χ3n) is 2.28. The van der Waals surface area contributed by atoms with Gasteiger partial charge in [-0.1, -0.05) is 23.2 Å². The van der Waals surface area contributed by atoms with E-state index in [2.05, 4.69) is 5.32 Å². The van der Waals surface area contributed by atoms with Gasteiger partial charge in [0.1, 0.15) is 5.82 Å². The van der Waals surface area contributed by atoms with Crippen LogP contribution in [0.15, 0.2) is 12.1 Å². The molecule has 0 aliphatic rings. The third-order valence-corrected chi connectivity index (χ3v) is 2.90. The normalized spacial score (nSPS) is 13.4. The van der Waals surface area contributed by atoms with Crippen molar-refractivity contribution in [3.05, 3.63) is 33.6 Å². The van der Waals surface area contributed by atoms with Gasteiger partial charge in [-0.15, -0.1) is 12.4 Å². The number of rotatable bonds is 3. The minimum Gasteiger partial charge on any atom is -0.348 e. The molecule has 0 fully saturated rings. The van der Waals surface area contributed by atoms with Crippen molar-refractivity contribution in [1.82, 2.24) is 5.32 Å². The first kappa shape index (κ1) is 17.4. The largest absolute Gasteiger partial charge is 0.348 e. The summed E-state index contributed by atoms with van der Waals surface area (Å²) in [5, 5.41) is 2.87. The molecule has 1 aromatic rings. The average Bonchev–Trinajstić information content (AvgIpc) is 2.22. The molecule has 1 rings (SSSR count). The molecule has 0 aliphatic carbocycles. The number of hydrogen-bond donors (Lipinski definition) is 2. The summed E-state index contributed by atoms with van der Waals surface area (Å²) in [6, 6.07) is 1.44. The zero-order valence-electron chi connectivity index (χ0n) is 9.84. The lowest BCUT2D eigenvalue weighted by Gasteiger charge is -2.17. The van der Waals surface area contributed by atoms with Gasteiger partial charge >= 0.3 is 0 Å². The van der Waals surface area contributed by atoms with Crippen LogP contribution in [0.1, 0.15) is 25.5 Å². The highest BCUT2D eigenvalue weighted by molar-refractivity contribution is 6.35. The molecular weight excluding hydrogens is 301 g/mol. The number of hydrogen-bond acceptors (Lipinski definition) is 2. The molecule has 102 valence electrons. The lowest BCUT2D eigenvalue weighted by atomic mass is 10.1. The predicted octanol–water partition coefficient (Wildman–Crippen LogP) is 3.08. The van der Waals surface area contributed by atoms with Gasteiger partial charge in [0.05, 0.1) is 17.1 Å². The second-order valence-corrected chi connectivity index (χ2v) is 4.62. The molecule has 3 N–H and O–H groups in total. The minimum absolute atomic E-state index is 0. The topological polar surface area (TPSA) is 55.1 Å². The molecule has 0 aromatic heterocycles. The summed E-state index contributed by atoms with van der Waals surface area (Å²) in [4.78, 5) is 11.4. The Kier molecular flexibility index (Phi) is 6.92. The van der Waals surface area contributed by atoms with E-state index in [0.29, 0.717) is 10.6 Å². The van der Waals surface area contributed by atoms with E-state index in [-0.39, 0.29) is 23.3 Å². The first-order chi connectivity index (χ1) is 7.82. The maximum absolute atomic E-state index is 13.3. The van der Waals surface area contributed by atoms with Gasteiger partial charge in [-0.2, -0.15) is 0 Å². The van der Waals surface area contributed by atoms with Crippen molar-refractivity contribution in [3.8, 4) is 0 Å². The SMILES string of the molecule is CC(NC(=O)[C@@H](C)N)c1cc(F)c(Cl)cc1Cl.Cl. The Morgan fingerprint density at radius 2 is 1.89 bits per heavy atom. The molecule has 7 heteroatoms. The third kappa shape index (κ3) is 4.28. The Balaban J connectivity index is 0.00000289. The van der Waals surface area contributed by atoms with Crippen LogP contribution in [0.25, 0.3) is 0 Å². The van der Waals surface area contributed by atoms with Crippen molar-refractivity contribution < 1.29 is 9.18 Å². The summed E-state index contributed by atoms with van der Waals surface area (Å²) in [6.07, 6.45) is 0. The molecule has 1 unspecified atom stereocenters. The van der Waals surface area contributed by atoms with Gasteiger partial charge in [0, 0.05) is 5.02 Å². The van der Waals surface area contributed by atoms with Gasteiger partial charge in [0.2, 0.25) is 5.91 Å². The lowest BCUT2D eigenvalue weighted by Crippen LogP contribution is -2.39. The molecule has 0 heterocycles. The average molecular weight is 316 g/mol. The number of carbonyl (C=O) groups excluding carboxylic acids is 1. The smallest absolute Gasteiger partial charge is 0.237 e. The van der Waals surface area contributed by atoms with Gasteiger partial charge in [0.15, 0.2) is 0 Å². The summed E-state index contributed by atoms with van der Waals surface area (Å²) in [5.74, 6) is -0.906. The van der Waals surface area contributed by atoms with E-state index in [4.69, 9.17) is 28.9 Å². The molecule has 0 aliphatic heterocycles. The van der Waals surface area contributed by atoms with Gasteiger partial charge in [0.25, 0.3) is 0 Å². The van der Waals surface area contributed by atoms with E-state index in [0.717, 1.165) is 0 Å². The molecule has 1 aromatic carbocycles. The van der Waals surface area contributed by atoms with Crippen LogP contribution < -0.4 is 11.1 Å². The molecule has 1 amide bonds. The van der Waals surface area contributed by atoms with E-state index in [1.165, 1.54) is 12.1 Å². The Morgan fingerprint density at radius 1 is 1.33 bits per heavy atom. The van der Waals surface area contributed by atoms with Crippen molar-refractivity contribution in [3.63, 3.8) is 0 Å². The molecule has 0 spiro atoms. The molecule has 0 saturated carbocycles. The van der Waals surface area contributed by atoms with Gasteiger partial charge in [-0.25, -0.2) is 4.39 Å². The van der Waals surface area contributed by atoms with E-state index in [9.17, 15) is 9.18 Å². The number of amides is 1. The Hall–Kier alpha value is -0.550. The van der Waals surface area contributed by atoms with Gasteiger partial charge in [-0.3, -0.25) is 4.79 Å². The number of benzene rings is 1. The summed E-state index contributed by atoms with van der Waals surface area (Å²) in [7, 11) is 0. The lowest BCUT2D eigenvalue weighted by molar-refractivity contribution is -0.122. The molecule has 0 saturated heterocycles. The maximum atomic E-state index is 13.3. The van der Waals surface area contributed by atoms with Crippen molar-refractivity contribution in [1.29, 1.82) is 0 Å². The highest BCUT2D eigenvalue weighted by Crippen LogP contribution is 2.28. The molecule has 3 nitrogen and oxygen atoms in total. The van der Waals surface area contributed by atoms with Gasteiger partial charge < -0.3 is 11.1 Å². The summed E-state index contributed by atoms with van der Waals surface area (Å²) in [5.41, 5.74) is 5.87. The second kappa shape index (κ2) is 7.14. The van der Waals surface area contributed by atoms with Gasteiger partial charge in [-0.05, 0) is 31.5 Å². The van der Waals surface area contributed by atoms with E-state index >= 15 is 0 Å². The van der Waals surface area contributed by atoms with Crippen LogP contribution in [-0.4, -0.2) is 11.9 Å². The number of halogens is 4. The van der Waals surface area contributed by atoms with Crippen LogP contribution in [0.4, 0.5) is 4.39 Å². The van der Waals surface area contributed by atoms with Crippen LogP contribution in [0, 0.1) is 5.82 Å². The highest BCUT2D eigenvalue weighted by Gasteiger charge is 2.16. The van der Waals surface area contributed by atoms with E-state index in [1.54, 1.807) is 13.8 Å². The molecule has 2 atom stereocenters. The summed E-state index contributed by atoms with van der Waals surface area (Å²) in [6.45, 7) is 3.25. The predicted molar refractivity (Wildman–Crippen MR) is 73.9 cm³/mol. The number of nitrogens with two attached hydrogens (primary N) is 1. The first-order valence-electron chi connectivity index (χ1n) is 5.03. The first-order valence-corrected chi connectivity index (χ1v) is 5.79. The fraction of sp³-hybridized carbons (Fsp3) is 0.364. The quantitative estimate of drug-likeness (QED) is 0.842. The fourth-order valence-electron chi connectivity index (χ4n) is 1.29. The van der Waals surface area contributed by atoms with Crippen molar-refractivity contribution in [2.24, 2.45) is 5.73 Å². The second-order valence-electron chi connectivity index (χ2n) is 3.81.